The maximum absolute atomic E-state index is 11.2. The largest absolute Gasteiger partial charge is 0.463 e. The third kappa shape index (κ3) is 1.66. The highest BCUT2D eigenvalue weighted by Gasteiger charge is 2.14. The predicted octanol–water partition coefficient (Wildman–Crippen LogP) is 2.66. The van der Waals surface area contributed by atoms with Gasteiger partial charge in [-0.3, -0.25) is 0 Å². The van der Waals surface area contributed by atoms with Crippen LogP contribution in [0.3, 0.4) is 0 Å². The number of nitrogens with one attached hydrogen (secondary N) is 1. The van der Waals surface area contributed by atoms with Crippen LogP contribution in [0.25, 0.3) is 11.0 Å². The van der Waals surface area contributed by atoms with Gasteiger partial charge in [0.25, 0.3) is 0 Å². The first-order valence-corrected chi connectivity index (χ1v) is 4.81. The van der Waals surface area contributed by atoms with Gasteiger partial charge in [-0.15, -0.1) is 0 Å². The molecule has 4 nitrogen and oxygen atoms in total. The fourth-order valence-corrected chi connectivity index (χ4v) is 1.62. The summed E-state index contributed by atoms with van der Waals surface area (Å²) in [6, 6.07) is 3.25. The highest BCUT2D eigenvalue weighted by atomic mass is 35.5. The molecular weight excluding hydrogens is 239 g/mol. The van der Waals surface area contributed by atoms with Crippen LogP contribution >= 0.6 is 23.2 Å². The van der Waals surface area contributed by atoms with Gasteiger partial charge in [-0.2, -0.15) is 0 Å². The van der Waals surface area contributed by atoms with E-state index in [0.29, 0.717) is 21.1 Å². The van der Waals surface area contributed by atoms with Crippen molar-refractivity contribution in [2.24, 2.45) is 0 Å². The van der Waals surface area contributed by atoms with Crippen LogP contribution in [0.1, 0.15) is 10.6 Å². The van der Waals surface area contributed by atoms with Gasteiger partial charge in [0.05, 0.1) is 22.7 Å². The lowest BCUT2D eigenvalue weighted by atomic mass is 10.3. The predicted molar refractivity (Wildman–Crippen MR) is 57.5 cm³/mol. The second-order valence-electron chi connectivity index (χ2n) is 2.83. The van der Waals surface area contributed by atoms with Crippen molar-refractivity contribution < 1.29 is 9.53 Å². The van der Waals surface area contributed by atoms with Gasteiger partial charge in [0.1, 0.15) is 5.52 Å². The van der Waals surface area contributed by atoms with Crippen molar-refractivity contribution in [1.82, 2.24) is 9.97 Å². The van der Waals surface area contributed by atoms with Gasteiger partial charge in [0.15, 0.2) is 0 Å². The van der Waals surface area contributed by atoms with Crippen LogP contribution in [0, 0.1) is 0 Å². The summed E-state index contributed by atoms with van der Waals surface area (Å²) in [7, 11) is 1.28. The van der Waals surface area contributed by atoms with E-state index in [4.69, 9.17) is 23.2 Å². The molecule has 0 saturated heterocycles. The Morgan fingerprint density at radius 3 is 2.67 bits per heavy atom. The Bertz CT molecular complexity index is 497. The van der Waals surface area contributed by atoms with Crippen molar-refractivity contribution >= 4 is 40.2 Å². The second-order valence-corrected chi connectivity index (χ2v) is 3.64. The van der Waals surface area contributed by atoms with E-state index in [-0.39, 0.29) is 5.82 Å². The molecule has 78 valence electrons. The van der Waals surface area contributed by atoms with E-state index in [1.54, 1.807) is 12.1 Å². The summed E-state index contributed by atoms with van der Waals surface area (Å²) in [6.45, 7) is 0. The van der Waals surface area contributed by atoms with E-state index in [0.717, 1.165) is 0 Å². The molecule has 0 aliphatic heterocycles. The van der Waals surface area contributed by atoms with Crippen LogP contribution < -0.4 is 0 Å². The molecule has 6 heteroatoms. The summed E-state index contributed by atoms with van der Waals surface area (Å²) < 4.78 is 4.53. The molecule has 0 aliphatic carbocycles. The average molecular weight is 245 g/mol. The SMILES string of the molecule is COC(=O)c1nc2c(Cl)ccc(Cl)c2[nH]1. The number of halogens is 2. The molecule has 0 atom stereocenters. The van der Waals surface area contributed by atoms with E-state index in [1.165, 1.54) is 7.11 Å². The molecule has 0 bridgehead atoms. The summed E-state index contributed by atoms with van der Waals surface area (Å²) in [6.07, 6.45) is 0. The van der Waals surface area contributed by atoms with Gasteiger partial charge in [0.2, 0.25) is 5.82 Å². The Balaban J connectivity index is 2.70. The summed E-state index contributed by atoms with van der Waals surface area (Å²) in [4.78, 5) is 18.0. The Labute approximate surface area is 95.2 Å². The molecule has 15 heavy (non-hydrogen) atoms. The summed E-state index contributed by atoms with van der Waals surface area (Å²) in [5.41, 5.74) is 0.995. The number of aromatic nitrogens is 2. The Kier molecular flexibility index (Phi) is 2.54. The minimum Gasteiger partial charge on any atom is -0.463 e. The fraction of sp³-hybridized carbons (Fsp3) is 0.111. The normalized spacial score (nSPS) is 10.6. The number of rotatable bonds is 1. The van der Waals surface area contributed by atoms with E-state index in [2.05, 4.69) is 14.7 Å². The quantitative estimate of drug-likeness (QED) is 0.785. The first-order valence-electron chi connectivity index (χ1n) is 4.05. The summed E-state index contributed by atoms with van der Waals surface area (Å²) in [5.74, 6) is -0.471. The molecule has 1 N–H and O–H groups in total. The van der Waals surface area contributed by atoms with E-state index in [9.17, 15) is 4.79 Å². The zero-order chi connectivity index (χ0) is 11.0. The van der Waals surface area contributed by atoms with E-state index >= 15 is 0 Å². The van der Waals surface area contributed by atoms with Crippen molar-refractivity contribution in [1.29, 1.82) is 0 Å². The molecule has 0 spiro atoms. The number of carbonyl (C=O) groups is 1. The number of esters is 1. The van der Waals surface area contributed by atoms with Crippen LogP contribution in [0.15, 0.2) is 12.1 Å². The molecule has 0 saturated carbocycles. The summed E-state index contributed by atoms with van der Waals surface area (Å²) in [5, 5.41) is 0.887. The lowest BCUT2D eigenvalue weighted by molar-refractivity contribution is 0.0588. The van der Waals surface area contributed by atoms with Crippen molar-refractivity contribution in [3.05, 3.63) is 28.0 Å². The highest BCUT2D eigenvalue weighted by Crippen LogP contribution is 2.27. The number of carbonyl (C=O) groups excluding carboxylic acids is 1. The zero-order valence-electron chi connectivity index (χ0n) is 7.67. The van der Waals surface area contributed by atoms with Crippen molar-refractivity contribution in [3.8, 4) is 0 Å². The summed E-state index contributed by atoms with van der Waals surface area (Å²) >= 11 is 11.8. The van der Waals surface area contributed by atoms with Crippen molar-refractivity contribution in [2.45, 2.75) is 0 Å². The van der Waals surface area contributed by atoms with Gasteiger partial charge in [-0.1, -0.05) is 23.2 Å². The number of ether oxygens (including phenoxy) is 1. The number of aromatic amines is 1. The van der Waals surface area contributed by atoms with Crippen LogP contribution in [0.5, 0.6) is 0 Å². The lowest BCUT2D eigenvalue weighted by Crippen LogP contribution is -2.02. The van der Waals surface area contributed by atoms with Gasteiger partial charge in [-0.25, -0.2) is 9.78 Å². The number of hydrogen-bond donors (Lipinski definition) is 1. The number of H-pyrrole nitrogens is 1. The average Bonchev–Trinajstić information content (AvgIpc) is 2.68. The number of imidazole rings is 1. The third-order valence-electron chi connectivity index (χ3n) is 1.92. The standard InChI is InChI=1S/C9H6Cl2N2O2/c1-15-9(14)8-12-6-4(10)2-3-5(11)7(6)13-8/h2-3H,1H3,(H,12,13). The minimum absolute atomic E-state index is 0.0856. The first kappa shape index (κ1) is 10.3. The van der Waals surface area contributed by atoms with E-state index < -0.39 is 5.97 Å². The number of nitrogens with zero attached hydrogens (tertiary/aromatic N) is 1. The maximum Gasteiger partial charge on any atom is 0.374 e. The van der Waals surface area contributed by atoms with Gasteiger partial charge < -0.3 is 9.72 Å². The maximum atomic E-state index is 11.2. The number of benzene rings is 1. The lowest BCUT2D eigenvalue weighted by Gasteiger charge is -1.93. The molecule has 0 unspecified atom stereocenters. The molecule has 0 fully saturated rings. The fourth-order valence-electron chi connectivity index (χ4n) is 1.22. The minimum atomic E-state index is -0.557. The second kappa shape index (κ2) is 3.72. The molecule has 2 aromatic rings. The van der Waals surface area contributed by atoms with Crippen molar-refractivity contribution in [2.75, 3.05) is 7.11 Å². The number of methoxy groups -OCH3 is 1. The van der Waals surface area contributed by atoms with Crippen LogP contribution in [0.4, 0.5) is 0 Å². The van der Waals surface area contributed by atoms with Crippen molar-refractivity contribution in [3.63, 3.8) is 0 Å². The van der Waals surface area contributed by atoms with Gasteiger partial charge >= 0.3 is 5.97 Å². The molecular formula is C9H6Cl2N2O2. The Morgan fingerprint density at radius 2 is 2.07 bits per heavy atom. The topological polar surface area (TPSA) is 55.0 Å². The monoisotopic (exact) mass is 244 g/mol. The first-order chi connectivity index (χ1) is 7.13. The Morgan fingerprint density at radius 1 is 1.40 bits per heavy atom. The molecule has 0 radical (unpaired) electrons. The molecule has 1 heterocycles. The van der Waals surface area contributed by atoms with Gasteiger partial charge in [0, 0.05) is 0 Å². The van der Waals surface area contributed by atoms with Crippen LogP contribution in [-0.2, 0) is 4.74 Å². The Hall–Kier alpha value is -1.26. The zero-order valence-corrected chi connectivity index (χ0v) is 9.19. The molecule has 1 aromatic heterocycles. The third-order valence-corrected chi connectivity index (χ3v) is 2.54. The smallest absolute Gasteiger partial charge is 0.374 e. The van der Waals surface area contributed by atoms with E-state index in [1.807, 2.05) is 0 Å². The molecule has 2 rings (SSSR count). The van der Waals surface area contributed by atoms with Crippen LogP contribution in [-0.4, -0.2) is 23.0 Å². The molecule has 0 amide bonds. The molecule has 0 aliphatic rings. The molecule has 1 aromatic carbocycles. The number of fused-ring (bicyclic) bond motifs is 1. The van der Waals surface area contributed by atoms with Gasteiger partial charge in [-0.05, 0) is 12.1 Å². The van der Waals surface area contributed by atoms with Crippen LogP contribution in [0.2, 0.25) is 10.0 Å². The number of hydrogen-bond acceptors (Lipinski definition) is 3. The highest BCUT2D eigenvalue weighted by molar-refractivity contribution is 6.39.